The molecule has 160 valence electrons. The number of para-hydroxylation sites is 1. The Bertz CT molecular complexity index is 1230. The highest BCUT2D eigenvalue weighted by molar-refractivity contribution is 7.99. The summed E-state index contributed by atoms with van der Waals surface area (Å²) < 4.78 is 14.8. The Hall–Kier alpha value is -3.49. The van der Waals surface area contributed by atoms with Crippen LogP contribution in [0.15, 0.2) is 89.1 Å². The lowest BCUT2D eigenvalue weighted by Crippen LogP contribution is -2.20. The van der Waals surface area contributed by atoms with E-state index in [1.54, 1.807) is 24.3 Å². The molecule has 1 aromatic heterocycles. The number of nitrogens with one attached hydrogen (secondary N) is 1. The van der Waals surface area contributed by atoms with Gasteiger partial charge < -0.3 is 0 Å². The van der Waals surface area contributed by atoms with Gasteiger partial charge in [0.25, 0.3) is 5.91 Å². The molecule has 0 spiro atoms. The van der Waals surface area contributed by atoms with Gasteiger partial charge in [0.05, 0.1) is 12.0 Å². The van der Waals surface area contributed by atoms with Crippen molar-refractivity contribution in [2.24, 2.45) is 5.10 Å². The topological polar surface area (TPSA) is 72.2 Å². The molecule has 0 aliphatic rings. The fraction of sp³-hybridized carbons (Fsp3) is 0.0435. The molecule has 6 nitrogen and oxygen atoms in total. The van der Waals surface area contributed by atoms with Crippen LogP contribution >= 0.6 is 23.4 Å². The number of carbonyl (C=O) groups excluding carboxylic acids is 1. The van der Waals surface area contributed by atoms with E-state index in [1.807, 2.05) is 47.0 Å². The van der Waals surface area contributed by atoms with Crippen molar-refractivity contribution in [3.63, 3.8) is 0 Å². The Morgan fingerprint density at radius 1 is 1.03 bits per heavy atom. The number of hydrogen-bond donors (Lipinski definition) is 1. The van der Waals surface area contributed by atoms with Gasteiger partial charge in [0, 0.05) is 16.3 Å². The van der Waals surface area contributed by atoms with Crippen molar-refractivity contribution < 1.29 is 9.18 Å². The molecule has 0 saturated heterocycles. The van der Waals surface area contributed by atoms with Crippen molar-refractivity contribution >= 4 is 35.5 Å². The van der Waals surface area contributed by atoms with Crippen molar-refractivity contribution in [3.05, 3.63) is 95.3 Å². The molecule has 0 aliphatic carbocycles. The Kier molecular flexibility index (Phi) is 6.94. The molecule has 4 rings (SSSR count). The van der Waals surface area contributed by atoms with Crippen LogP contribution in [0, 0.1) is 5.82 Å². The summed E-state index contributed by atoms with van der Waals surface area (Å²) in [6, 6.07) is 22.8. The lowest BCUT2D eigenvalue weighted by Gasteiger charge is -2.10. The van der Waals surface area contributed by atoms with E-state index in [0.29, 0.717) is 21.6 Å². The maximum atomic E-state index is 12.9. The molecule has 4 aromatic rings. The van der Waals surface area contributed by atoms with Crippen LogP contribution in [0.4, 0.5) is 4.39 Å². The predicted octanol–water partition coefficient (Wildman–Crippen LogP) is 4.97. The Balaban J connectivity index is 1.49. The number of nitrogens with zero attached hydrogens (tertiary/aromatic N) is 4. The van der Waals surface area contributed by atoms with Crippen LogP contribution in [0.3, 0.4) is 0 Å². The van der Waals surface area contributed by atoms with E-state index >= 15 is 0 Å². The van der Waals surface area contributed by atoms with E-state index in [0.717, 1.165) is 11.3 Å². The van der Waals surface area contributed by atoms with Crippen molar-refractivity contribution in [2.45, 2.75) is 5.16 Å². The third kappa shape index (κ3) is 5.40. The molecule has 9 heteroatoms. The number of amides is 1. The van der Waals surface area contributed by atoms with E-state index in [4.69, 9.17) is 11.6 Å². The zero-order chi connectivity index (χ0) is 22.3. The van der Waals surface area contributed by atoms with E-state index in [1.165, 1.54) is 30.1 Å². The second-order valence-electron chi connectivity index (χ2n) is 6.62. The first kappa shape index (κ1) is 21.7. The molecule has 0 radical (unpaired) electrons. The Morgan fingerprint density at radius 2 is 1.75 bits per heavy atom. The molecule has 0 saturated carbocycles. The summed E-state index contributed by atoms with van der Waals surface area (Å²) in [6.45, 7) is 0. The third-order valence-electron chi connectivity index (χ3n) is 4.36. The molecule has 0 bridgehead atoms. The first-order valence-corrected chi connectivity index (χ1v) is 10.9. The first-order chi connectivity index (χ1) is 15.6. The van der Waals surface area contributed by atoms with Crippen LogP contribution in [-0.2, 0) is 4.79 Å². The number of carbonyl (C=O) groups is 1. The number of rotatable bonds is 7. The molecular formula is C23H17ClFN5OS. The van der Waals surface area contributed by atoms with Gasteiger partial charge in [-0.3, -0.25) is 9.36 Å². The molecule has 1 heterocycles. The van der Waals surface area contributed by atoms with Crippen LogP contribution < -0.4 is 5.43 Å². The van der Waals surface area contributed by atoms with Gasteiger partial charge >= 0.3 is 0 Å². The Morgan fingerprint density at radius 3 is 2.47 bits per heavy atom. The quantitative estimate of drug-likeness (QED) is 0.237. The predicted molar refractivity (Wildman–Crippen MR) is 125 cm³/mol. The largest absolute Gasteiger partial charge is 0.272 e. The zero-order valence-electron chi connectivity index (χ0n) is 16.7. The molecule has 1 amide bonds. The minimum absolute atomic E-state index is 0.0896. The Labute approximate surface area is 193 Å². The standard InChI is InChI=1S/C23H17ClFN5OS/c24-18-10-8-17(9-11-18)22-28-29-23(30(22)20-4-2-1-3-5-20)32-15-21(31)27-26-14-16-6-12-19(25)13-7-16/h1-14H,15H2,(H,27,31). The van der Waals surface area contributed by atoms with Crippen LogP contribution in [0.2, 0.25) is 5.02 Å². The molecule has 3 aromatic carbocycles. The summed E-state index contributed by atoms with van der Waals surface area (Å²) in [4.78, 5) is 12.2. The number of halogens is 2. The molecule has 0 aliphatic heterocycles. The average Bonchev–Trinajstić information content (AvgIpc) is 3.24. The van der Waals surface area contributed by atoms with Gasteiger partial charge in [-0.05, 0) is 54.1 Å². The van der Waals surface area contributed by atoms with Gasteiger partial charge in [-0.2, -0.15) is 5.10 Å². The van der Waals surface area contributed by atoms with Crippen LogP contribution in [-0.4, -0.2) is 32.6 Å². The monoisotopic (exact) mass is 465 g/mol. The highest BCUT2D eigenvalue weighted by Gasteiger charge is 2.17. The van der Waals surface area contributed by atoms with Crippen LogP contribution in [0.5, 0.6) is 0 Å². The second-order valence-corrected chi connectivity index (χ2v) is 8.00. The average molecular weight is 466 g/mol. The number of thioether (sulfide) groups is 1. The van der Waals surface area contributed by atoms with E-state index < -0.39 is 0 Å². The van der Waals surface area contributed by atoms with Crippen LogP contribution in [0.1, 0.15) is 5.56 Å². The molecule has 0 fully saturated rings. The summed E-state index contributed by atoms with van der Waals surface area (Å²) in [6.07, 6.45) is 1.45. The molecule has 32 heavy (non-hydrogen) atoms. The van der Waals surface area contributed by atoms with Gasteiger partial charge in [-0.1, -0.05) is 53.7 Å². The molecule has 0 unspecified atom stereocenters. The van der Waals surface area contributed by atoms with Crippen molar-refractivity contribution in [1.82, 2.24) is 20.2 Å². The minimum atomic E-state index is -0.330. The number of hydrogen-bond acceptors (Lipinski definition) is 5. The van der Waals surface area contributed by atoms with E-state index in [9.17, 15) is 9.18 Å². The maximum absolute atomic E-state index is 12.9. The minimum Gasteiger partial charge on any atom is -0.272 e. The van der Waals surface area contributed by atoms with Gasteiger partial charge in [0.2, 0.25) is 0 Å². The van der Waals surface area contributed by atoms with Crippen molar-refractivity contribution in [3.8, 4) is 17.1 Å². The second kappa shape index (κ2) is 10.2. The number of aromatic nitrogens is 3. The normalized spacial score (nSPS) is 11.1. The van der Waals surface area contributed by atoms with E-state index in [2.05, 4.69) is 20.7 Å². The van der Waals surface area contributed by atoms with Crippen LogP contribution in [0.25, 0.3) is 17.1 Å². The summed E-state index contributed by atoms with van der Waals surface area (Å²) >= 11 is 7.26. The number of hydrazone groups is 1. The van der Waals surface area contributed by atoms with Gasteiger partial charge in [-0.15, -0.1) is 10.2 Å². The molecule has 0 atom stereocenters. The summed E-state index contributed by atoms with van der Waals surface area (Å²) in [7, 11) is 0. The summed E-state index contributed by atoms with van der Waals surface area (Å²) in [5.74, 6) is 0.101. The fourth-order valence-electron chi connectivity index (χ4n) is 2.85. The summed E-state index contributed by atoms with van der Waals surface area (Å²) in [5, 5.41) is 13.7. The fourth-order valence-corrected chi connectivity index (χ4v) is 3.72. The highest BCUT2D eigenvalue weighted by atomic mass is 35.5. The molecule has 1 N–H and O–H groups in total. The number of benzene rings is 3. The first-order valence-electron chi connectivity index (χ1n) is 9.57. The van der Waals surface area contributed by atoms with Crippen molar-refractivity contribution in [2.75, 3.05) is 5.75 Å². The van der Waals surface area contributed by atoms with Crippen molar-refractivity contribution in [1.29, 1.82) is 0 Å². The van der Waals surface area contributed by atoms with E-state index in [-0.39, 0.29) is 17.5 Å². The smallest absolute Gasteiger partial charge is 0.250 e. The summed E-state index contributed by atoms with van der Waals surface area (Å²) in [5.41, 5.74) is 4.87. The molecular weight excluding hydrogens is 449 g/mol. The third-order valence-corrected chi connectivity index (χ3v) is 5.54. The SMILES string of the molecule is O=C(CSc1nnc(-c2ccc(Cl)cc2)n1-c1ccccc1)NN=Cc1ccc(F)cc1. The van der Waals surface area contributed by atoms with Gasteiger partial charge in [0.1, 0.15) is 5.82 Å². The maximum Gasteiger partial charge on any atom is 0.250 e. The van der Waals surface area contributed by atoms with Gasteiger partial charge in [0.15, 0.2) is 11.0 Å². The highest BCUT2D eigenvalue weighted by Crippen LogP contribution is 2.28. The van der Waals surface area contributed by atoms with Gasteiger partial charge in [-0.25, -0.2) is 9.82 Å². The lowest BCUT2D eigenvalue weighted by molar-refractivity contribution is -0.118. The zero-order valence-corrected chi connectivity index (χ0v) is 18.2. The lowest BCUT2D eigenvalue weighted by atomic mass is 10.2.